The maximum atomic E-state index is 10.1. The molecule has 1 aliphatic rings. The van der Waals surface area contributed by atoms with E-state index in [4.69, 9.17) is 9.47 Å². The van der Waals surface area contributed by atoms with Crippen molar-refractivity contribution in [3.63, 3.8) is 0 Å². The molecule has 22 heavy (non-hydrogen) atoms. The van der Waals surface area contributed by atoms with E-state index in [2.05, 4.69) is 42.1 Å². The molecule has 0 radical (unpaired) electrons. The van der Waals surface area contributed by atoms with Crippen molar-refractivity contribution in [2.24, 2.45) is 0 Å². The van der Waals surface area contributed by atoms with Crippen LogP contribution in [0.15, 0.2) is 21.1 Å². The minimum atomic E-state index is -0.389. The van der Waals surface area contributed by atoms with E-state index in [1.165, 1.54) is 0 Å². The molecule has 0 amide bonds. The van der Waals surface area contributed by atoms with Gasteiger partial charge in [0.2, 0.25) is 0 Å². The van der Waals surface area contributed by atoms with Crippen LogP contribution in [-0.4, -0.2) is 62.6 Å². The summed E-state index contributed by atoms with van der Waals surface area (Å²) >= 11 is 6.98. The van der Waals surface area contributed by atoms with Gasteiger partial charge in [-0.1, -0.05) is 15.9 Å². The fourth-order valence-corrected chi connectivity index (χ4v) is 3.97. The molecule has 5 nitrogen and oxygen atoms in total. The van der Waals surface area contributed by atoms with E-state index >= 15 is 0 Å². The first-order chi connectivity index (χ1) is 10.6. The predicted molar refractivity (Wildman–Crippen MR) is 93.4 cm³/mol. The van der Waals surface area contributed by atoms with Gasteiger partial charge in [0.05, 0.1) is 30.9 Å². The number of methoxy groups -OCH3 is 1. The Morgan fingerprint density at radius 3 is 2.77 bits per heavy atom. The topological polar surface area (TPSA) is 54.0 Å². The predicted octanol–water partition coefficient (Wildman–Crippen LogP) is 2.00. The van der Waals surface area contributed by atoms with Crippen molar-refractivity contribution < 1.29 is 14.6 Å². The normalized spacial score (nSPS) is 17.5. The summed E-state index contributed by atoms with van der Waals surface area (Å²) in [4.78, 5) is 2.23. The van der Waals surface area contributed by atoms with Gasteiger partial charge in [0.15, 0.2) is 0 Å². The van der Waals surface area contributed by atoms with Crippen molar-refractivity contribution in [3.8, 4) is 5.75 Å². The minimum Gasteiger partial charge on any atom is -0.495 e. The molecule has 0 saturated carbocycles. The summed E-state index contributed by atoms with van der Waals surface area (Å²) in [7, 11) is 1.66. The first kappa shape index (κ1) is 18.2. The van der Waals surface area contributed by atoms with Crippen LogP contribution in [0.2, 0.25) is 0 Å². The van der Waals surface area contributed by atoms with Crippen LogP contribution < -0.4 is 10.1 Å². The fraction of sp³-hybridized carbons (Fsp3) is 0.600. The zero-order chi connectivity index (χ0) is 15.9. The standard InChI is InChI=1S/C15H22Br2N2O3/c1-21-15-11(6-12(16)7-14(15)17)8-18-9-13(20)10-19-2-4-22-5-3-19/h6-7,13,18,20H,2-5,8-10H2,1H3/t13-/m1/s1. The average Bonchev–Trinajstić information content (AvgIpc) is 2.48. The van der Waals surface area contributed by atoms with Gasteiger partial charge in [-0.3, -0.25) is 4.90 Å². The molecular formula is C15H22Br2N2O3. The number of aliphatic hydroxyl groups excluding tert-OH is 1. The van der Waals surface area contributed by atoms with Crippen LogP contribution >= 0.6 is 31.9 Å². The van der Waals surface area contributed by atoms with E-state index in [1.54, 1.807) is 7.11 Å². The zero-order valence-electron chi connectivity index (χ0n) is 12.6. The number of β-amino-alcohol motifs (C(OH)–C–C–N with tert-alkyl or cyclic N) is 1. The first-order valence-corrected chi connectivity index (χ1v) is 8.89. The SMILES string of the molecule is COc1c(Br)cc(Br)cc1CNC[C@@H](O)CN1CCOCC1. The van der Waals surface area contributed by atoms with Crippen molar-refractivity contribution in [2.75, 3.05) is 46.5 Å². The van der Waals surface area contributed by atoms with Crippen LogP contribution in [0.3, 0.4) is 0 Å². The molecule has 0 aliphatic carbocycles. The number of morpholine rings is 1. The number of aliphatic hydroxyl groups is 1. The lowest BCUT2D eigenvalue weighted by Gasteiger charge is -2.28. The molecule has 1 atom stereocenters. The molecule has 0 bridgehead atoms. The van der Waals surface area contributed by atoms with Crippen LogP contribution in [0.25, 0.3) is 0 Å². The molecule has 0 aromatic heterocycles. The number of halogens is 2. The lowest BCUT2D eigenvalue weighted by molar-refractivity contribution is 0.0149. The summed E-state index contributed by atoms with van der Waals surface area (Å²) in [6.45, 7) is 5.15. The van der Waals surface area contributed by atoms with Gasteiger partial charge < -0.3 is 19.9 Å². The Balaban J connectivity index is 1.80. The summed E-state index contributed by atoms with van der Waals surface area (Å²) in [5.74, 6) is 0.818. The number of nitrogens with zero attached hydrogens (tertiary/aromatic N) is 1. The maximum absolute atomic E-state index is 10.1. The molecule has 1 heterocycles. The van der Waals surface area contributed by atoms with Crippen LogP contribution in [0, 0.1) is 0 Å². The maximum Gasteiger partial charge on any atom is 0.137 e. The number of hydrogen-bond acceptors (Lipinski definition) is 5. The van der Waals surface area contributed by atoms with Crippen molar-refractivity contribution in [1.82, 2.24) is 10.2 Å². The Hall–Kier alpha value is -0.180. The van der Waals surface area contributed by atoms with Crippen molar-refractivity contribution in [1.29, 1.82) is 0 Å². The van der Waals surface area contributed by atoms with Gasteiger partial charge in [-0.2, -0.15) is 0 Å². The van der Waals surface area contributed by atoms with Crippen molar-refractivity contribution in [3.05, 3.63) is 26.6 Å². The molecule has 124 valence electrons. The number of nitrogens with one attached hydrogen (secondary N) is 1. The van der Waals surface area contributed by atoms with E-state index in [1.807, 2.05) is 12.1 Å². The second kappa shape index (κ2) is 9.20. The molecule has 2 rings (SSSR count). The zero-order valence-corrected chi connectivity index (χ0v) is 15.8. The van der Waals surface area contributed by atoms with E-state index in [0.29, 0.717) is 19.6 Å². The van der Waals surface area contributed by atoms with Gasteiger partial charge in [-0.15, -0.1) is 0 Å². The lowest BCUT2D eigenvalue weighted by atomic mass is 10.2. The Morgan fingerprint density at radius 2 is 2.09 bits per heavy atom. The average molecular weight is 438 g/mol. The van der Waals surface area contributed by atoms with Crippen molar-refractivity contribution in [2.45, 2.75) is 12.6 Å². The molecule has 0 unspecified atom stereocenters. The molecule has 1 aromatic carbocycles. The molecule has 1 aliphatic heterocycles. The Morgan fingerprint density at radius 1 is 1.36 bits per heavy atom. The summed E-state index contributed by atoms with van der Waals surface area (Å²) in [6, 6.07) is 3.97. The Bertz CT molecular complexity index is 482. The Labute approximate surface area is 148 Å². The monoisotopic (exact) mass is 436 g/mol. The van der Waals surface area contributed by atoms with Gasteiger partial charge in [0, 0.05) is 42.8 Å². The number of rotatable bonds is 7. The van der Waals surface area contributed by atoms with E-state index in [-0.39, 0.29) is 6.10 Å². The highest BCUT2D eigenvalue weighted by molar-refractivity contribution is 9.11. The highest BCUT2D eigenvalue weighted by Crippen LogP contribution is 2.32. The minimum absolute atomic E-state index is 0.389. The second-order valence-electron chi connectivity index (χ2n) is 5.28. The molecule has 1 fully saturated rings. The number of hydrogen-bond donors (Lipinski definition) is 2. The second-order valence-corrected chi connectivity index (χ2v) is 7.05. The largest absolute Gasteiger partial charge is 0.495 e. The summed E-state index contributed by atoms with van der Waals surface area (Å²) < 4.78 is 12.6. The highest BCUT2D eigenvalue weighted by atomic mass is 79.9. The van der Waals surface area contributed by atoms with Gasteiger partial charge in [0.25, 0.3) is 0 Å². The summed E-state index contributed by atoms with van der Waals surface area (Å²) in [6.07, 6.45) is -0.389. The smallest absolute Gasteiger partial charge is 0.137 e. The summed E-state index contributed by atoms with van der Waals surface area (Å²) in [5, 5.41) is 13.4. The highest BCUT2D eigenvalue weighted by Gasteiger charge is 2.15. The number of ether oxygens (including phenoxy) is 2. The summed E-state index contributed by atoms with van der Waals surface area (Å²) in [5.41, 5.74) is 1.04. The fourth-order valence-electron chi connectivity index (χ4n) is 2.49. The van der Waals surface area contributed by atoms with E-state index in [0.717, 1.165) is 46.6 Å². The first-order valence-electron chi connectivity index (χ1n) is 7.31. The van der Waals surface area contributed by atoms with Crippen LogP contribution in [0.5, 0.6) is 5.75 Å². The van der Waals surface area contributed by atoms with Gasteiger partial charge in [0.1, 0.15) is 5.75 Å². The van der Waals surface area contributed by atoms with E-state index in [9.17, 15) is 5.11 Å². The molecule has 1 aromatic rings. The third-order valence-electron chi connectivity index (χ3n) is 3.56. The third-order valence-corrected chi connectivity index (χ3v) is 4.60. The van der Waals surface area contributed by atoms with E-state index < -0.39 is 0 Å². The third kappa shape index (κ3) is 5.47. The quantitative estimate of drug-likeness (QED) is 0.683. The van der Waals surface area contributed by atoms with Gasteiger partial charge in [-0.25, -0.2) is 0 Å². The number of benzene rings is 1. The lowest BCUT2D eigenvalue weighted by Crippen LogP contribution is -2.43. The van der Waals surface area contributed by atoms with Crippen molar-refractivity contribution >= 4 is 31.9 Å². The Kier molecular flexibility index (Phi) is 7.59. The van der Waals surface area contributed by atoms with Gasteiger partial charge >= 0.3 is 0 Å². The van der Waals surface area contributed by atoms with Crippen LogP contribution in [0.1, 0.15) is 5.56 Å². The molecule has 7 heteroatoms. The molecule has 1 saturated heterocycles. The molecular weight excluding hydrogens is 416 g/mol. The van der Waals surface area contributed by atoms with Crippen LogP contribution in [-0.2, 0) is 11.3 Å². The van der Waals surface area contributed by atoms with Crippen LogP contribution in [0.4, 0.5) is 0 Å². The molecule has 0 spiro atoms. The van der Waals surface area contributed by atoms with Gasteiger partial charge in [-0.05, 0) is 28.1 Å². The molecule has 2 N–H and O–H groups in total.